The molecule has 0 aromatic carbocycles. The Balaban J connectivity index is 2.09. The maximum Gasteiger partial charge on any atom is 0.331 e. The molecule has 3 rings (SSSR count). The molecular formula is C34H48O9. The predicted octanol–water partition coefficient (Wildman–Crippen LogP) is 5.23. The lowest BCUT2D eigenvalue weighted by atomic mass is 9.44. The quantitative estimate of drug-likeness (QED) is 0.0772. The predicted molar refractivity (Wildman–Crippen MR) is 161 cm³/mol. The van der Waals surface area contributed by atoms with E-state index in [1.165, 1.54) is 19.9 Å². The number of hydrogen-bond donors (Lipinski definition) is 2. The zero-order valence-corrected chi connectivity index (χ0v) is 26.3. The normalized spacial score (nSPS) is 35.7. The van der Waals surface area contributed by atoms with E-state index in [1.54, 1.807) is 18.2 Å². The van der Waals surface area contributed by atoms with Gasteiger partial charge in [-0.25, -0.2) is 4.79 Å². The first-order valence-electron chi connectivity index (χ1n) is 15.2. The molecule has 1 unspecified atom stereocenters. The van der Waals surface area contributed by atoms with Gasteiger partial charge in [-0.05, 0) is 55.9 Å². The van der Waals surface area contributed by atoms with Crippen molar-refractivity contribution in [2.45, 2.75) is 111 Å². The monoisotopic (exact) mass is 600 g/mol. The third kappa shape index (κ3) is 7.21. The fourth-order valence-electron chi connectivity index (χ4n) is 6.92. The van der Waals surface area contributed by atoms with E-state index in [0.717, 1.165) is 31.3 Å². The van der Waals surface area contributed by atoms with Crippen LogP contribution in [0.3, 0.4) is 0 Å². The van der Waals surface area contributed by atoms with Crippen molar-refractivity contribution >= 4 is 17.9 Å². The fraction of sp³-hybridized carbons (Fsp3) is 0.618. The maximum absolute atomic E-state index is 12.9. The molecular weight excluding hydrogens is 552 g/mol. The Bertz CT molecular complexity index is 1170. The molecule has 0 bridgehead atoms. The van der Waals surface area contributed by atoms with Gasteiger partial charge in [0, 0.05) is 25.5 Å². The van der Waals surface area contributed by atoms with Crippen molar-refractivity contribution < 1.29 is 43.5 Å². The maximum atomic E-state index is 12.9. The lowest BCUT2D eigenvalue weighted by Crippen LogP contribution is -2.68. The van der Waals surface area contributed by atoms with E-state index in [9.17, 15) is 24.6 Å². The Morgan fingerprint density at radius 2 is 1.79 bits per heavy atom. The lowest BCUT2D eigenvalue weighted by molar-refractivity contribution is -0.272. The Labute approximate surface area is 255 Å². The summed E-state index contributed by atoms with van der Waals surface area (Å²) in [6, 6.07) is 0. The van der Waals surface area contributed by atoms with Crippen molar-refractivity contribution in [3.8, 4) is 0 Å². The Kier molecular flexibility index (Phi) is 11.7. The average Bonchev–Trinajstić information content (AvgIpc) is 3.24. The van der Waals surface area contributed by atoms with E-state index >= 15 is 0 Å². The molecule has 9 nitrogen and oxygen atoms in total. The molecule has 2 aliphatic carbocycles. The standard InChI is InChI=1S/C34H48O9/c1-8-10-11-12-13-14-15-16-28(37)42-25-19-26-31(40-23(5)35)43-32(41-24(6)36)34(26)27(20-25)33(7,18-17-21(3)9-2)22(4)29(38)30(34)39/h9,13-17,19,22,25,27,29-32,38-39H,2,8,10-12,18,20H2,1,3-7H3/b14-13+,16-15-,21-17+/t22-,25-,27-,29-,30?,31-,32+,33-,34-/m1/s1. The molecule has 2 N–H and O–H groups in total. The van der Waals surface area contributed by atoms with E-state index in [2.05, 4.69) is 13.5 Å². The number of allylic oxidation sites excluding steroid dienone is 6. The van der Waals surface area contributed by atoms with E-state index in [1.807, 2.05) is 39.0 Å². The number of esters is 3. The van der Waals surface area contributed by atoms with Crippen molar-refractivity contribution in [3.05, 3.63) is 60.3 Å². The van der Waals surface area contributed by atoms with Gasteiger partial charge in [0.15, 0.2) is 0 Å². The third-order valence-electron chi connectivity index (χ3n) is 9.42. The number of ether oxygens (including phenoxy) is 4. The minimum atomic E-state index is -1.47. The van der Waals surface area contributed by atoms with Gasteiger partial charge in [-0.15, -0.1) is 0 Å². The van der Waals surface area contributed by atoms with Gasteiger partial charge >= 0.3 is 17.9 Å². The van der Waals surface area contributed by atoms with Crippen LogP contribution in [0.25, 0.3) is 0 Å². The number of hydrogen-bond acceptors (Lipinski definition) is 9. The molecule has 1 saturated carbocycles. The van der Waals surface area contributed by atoms with Crippen molar-refractivity contribution in [2.75, 3.05) is 0 Å². The Morgan fingerprint density at radius 1 is 1.09 bits per heavy atom. The van der Waals surface area contributed by atoms with Crippen LogP contribution < -0.4 is 0 Å². The number of carbonyl (C=O) groups excluding carboxylic acids is 3. The van der Waals surface area contributed by atoms with Gasteiger partial charge in [-0.2, -0.15) is 0 Å². The minimum Gasteiger partial charge on any atom is -0.455 e. The second-order valence-corrected chi connectivity index (χ2v) is 12.2. The van der Waals surface area contributed by atoms with Gasteiger partial charge in [-0.1, -0.05) is 76.1 Å². The van der Waals surface area contributed by atoms with Gasteiger partial charge in [0.25, 0.3) is 0 Å². The number of unbranched alkanes of at least 4 members (excludes halogenated alkanes) is 3. The zero-order chi connectivity index (χ0) is 31.9. The van der Waals surface area contributed by atoms with Crippen LogP contribution in [0.4, 0.5) is 0 Å². The average molecular weight is 601 g/mol. The largest absolute Gasteiger partial charge is 0.455 e. The van der Waals surface area contributed by atoms with E-state index in [0.29, 0.717) is 12.0 Å². The molecule has 3 aliphatic rings. The van der Waals surface area contributed by atoms with Gasteiger partial charge in [0.05, 0.1) is 17.6 Å². The number of carbonyl (C=O) groups is 3. The summed E-state index contributed by atoms with van der Waals surface area (Å²) in [4.78, 5) is 37.3. The van der Waals surface area contributed by atoms with Crippen LogP contribution in [0.1, 0.15) is 80.1 Å². The molecule has 43 heavy (non-hydrogen) atoms. The lowest BCUT2D eigenvalue weighted by Gasteiger charge is -2.61. The SMILES string of the molecule is C=C/C(C)=C/C[C@]1(C)[C@H](C)[C@@H](O)C(O)[C@@]23C(=C[C@@H](OC(=O)/C=C\C=C\CCCCC)C[C@H]12)[C@H](OC(C)=O)O[C@@H]3OC(C)=O. The van der Waals surface area contributed by atoms with Crippen LogP contribution >= 0.6 is 0 Å². The summed E-state index contributed by atoms with van der Waals surface area (Å²) in [7, 11) is 0. The van der Waals surface area contributed by atoms with Crippen molar-refractivity contribution in [1.29, 1.82) is 0 Å². The summed E-state index contributed by atoms with van der Waals surface area (Å²) in [6.07, 6.45) is 11.1. The van der Waals surface area contributed by atoms with Gasteiger partial charge in [0.2, 0.25) is 12.6 Å². The van der Waals surface area contributed by atoms with Crippen molar-refractivity contribution in [3.63, 3.8) is 0 Å². The number of rotatable bonds is 12. The highest BCUT2D eigenvalue weighted by Gasteiger charge is 2.73. The fourth-order valence-corrected chi connectivity index (χ4v) is 6.92. The van der Waals surface area contributed by atoms with Crippen LogP contribution in [-0.2, 0) is 33.3 Å². The highest BCUT2D eigenvalue weighted by Crippen LogP contribution is 2.67. The summed E-state index contributed by atoms with van der Waals surface area (Å²) < 4.78 is 23.1. The summed E-state index contributed by atoms with van der Waals surface area (Å²) in [5.41, 5.74) is -0.946. The molecule has 2 fully saturated rings. The highest BCUT2D eigenvalue weighted by atomic mass is 16.8. The van der Waals surface area contributed by atoms with E-state index in [4.69, 9.17) is 18.9 Å². The summed E-state index contributed by atoms with van der Waals surface area (Å²) >= 11 is 0. The van der Waals surface area contributed by atoms with Crippen LogP contribution in [0.15, 0.2) is 60.3 Å². The first-order chi connectivity index (χ1) is 20.3. The van der Waals surface area contributed by atoms with Gasteiger partial charge in [-0.3, -0.25) is 14.3 Å². The molecule has 9 atom stereocenters. The van der Waals surface area contributed by atoms with E-state index < -0.39 is 71.5 Å². The Morgan fingerprint density at radius 3 is 2.42 bits per heavy atom. The molecule has 1 spiro atoms. The minimum absolute atomic E-state index is 0.245. The first-order valence-corrected chi connectivity index (χ1v) is 15.2. The van der Waals surface area contributed by atoms with Crippen molar-refractivity contribution in [1.82, 2.24) is 0 Å². The van der Waals surface area contributed by atoms with E-state index in [-0.39, 0.29) is 6.42 Å². The molecule has 238 valence electrons. The van der Waals surface area contributed by atoms with Crippen molar-refractivity contribution in [2.24, 2.45) is 22.7 Å². The molecule has 0 aromatic rings. The molecule has 0 amide bonds. The van der Waals surface area contributed by atoms with Gasteiger partial charge in [0.1, 0.15) is 6.10 Å². The third-order valence-corrected chi connectivity index (χ3v) is 9.42. The first kappa shape index (κ1) is 34.5. The van der Waals surface area contributed by atoms with Crippen LogP contribution in [0.5, 0.6) is 0 Å². The molecule has 1 aliphatic heterocycles. The molecule has 0 radical (unpaired) electrons. The topological polar surface area (TPSA) is 129 Å². The Hall–Kier alpha value is -3.01. The zero-order valence-electron chi connectivity index (χ0n) is 26.3. The summed E-state index contributed by atoms with van der Waals surface area (Å²) in [6.45, 7) is 14.2. The van der Waals surface area contributed by atoms with Crippen LogP contribution in [0, 0.1) is 22.7 Å². The second kappa shape index (κ2) is 14.6. The molecule has 0 aromatic heterocycles. The smallest absolute Gasteiger partial charge is 0.331 e. The highest BCUT2D eigenvalue weighted by molar-refractivity contribution is 5.82. The molecule has 9 heteroatoms. The summed E-state index contributed by atoms with van der Waals surface area (Å²) in [5.74, 6) is -2.83. The second-order valence-electron chi connectivity index (χ2n) is 12.2. The number of aliphatic hydroxyl groups excluding tert-OH is 2. The molecule has 1 heterocycles. The van der Waals surface area contributed by atoms with Crippen LogP contribution in [-0.4, -0.2) is 59.0 Å². The molecule has 1 saturated heterocycles. The van der Waals surface area contributed by atoms with Crippen LogP contribution in [0.2, 0.25) is 0 Å². The number of aliphatic hydroxyl groups is 2. The van der Waals surface area contributed by atoms with Gasteiger partial charge < -0.3 is 24.4 Å². The summed E-state index contributed by atoms with van der Waals surface area (Å²) in [5, 5.41) is 23.3.